The first kappa shape index (κ1) is 17.3. The Labute approximate surface area is 147 Å². The number of hydrogen-bond donors (Lipinski definition) is 1. The lowest BCUT2D eigenvalue weighted by molar-refractivity contribution is 0.176. The number of aryl methyl sites for hydroxylation is 2. The highest BCUT2D eigenvalue weighted by molar-refractivity contribution is 5.92. The van der Waals surface area contributed by atoms with Gasteiger partial charge in [0, 0.05) is 26.4 Å². The van der Waals surface area contributed by atoms with Crippen LogP contribution in [0.5, 0.6) is 5.75 Å². The minimum atomic E-state index is -0.0957. The molecule has 1 aliphatic heterocycles. The molecule has 2 aromatic rings. The number of carbonyl (C=O) groups excluding carboxylic acids is 1. The van der Waals surface area contributed by atoms with Crippen LogP contribution in [0.15, 0.2) is 22.7 Å². The molecule has 1 aliphatic rings. The zero-order valence-electron chi connectivity index (χ0n) is 14.9. The summed E-state index contributed by atoms with van der Waals surface area (Å²) < 4.78 is 10.4. The second-order valence-electron chi connectivity index (χ2n) is 6.47. The van der Waals surface area contributed by atoms with E-state index >= 15 is 0 Å². The third-order valence-corrected chi connectivity index (χ3v) is 4.53. The minimum Gasteiger partial charge on any atom is -0.495 e. The highest BCUT2D eigenvalue weighted by atomic mass is 16.5. The molecular weight excluding hydrogens is 320 g/mol. The van der Waals surface area contributed by atoms with Gasteiger partial charge < -0.3 is 19.5 Å². The molecule has 1 saturated heterocycles. The first-order valence-corrected chi connectivity index (χ1v) is 8.55. The van der Waals surface area contributed by atoms with E-state index in [0.717, 1.165) is 37.1 Å². The van der Waals surface area contributed by atoms with Gasteiger partial charge in [0.05, 0.1) is 12.8 Å². The molecule has 0 unspecified atom stereocenters. The topological polar surface area (TPSA) is 80.5 Å². The average molecular weight is 344 g/mol. The van der Waals surface area contributed by atoms with E-state index < -0.39 is 0 Å². The summed E-state index contributed by atoms with van der Waals surface area (Å²) in [4.78, 5) is 18.8. The molecule has 134 valence electrons. The first-order chi connectivity index (χ1) is 12.1. The maximum absolute atomic E-state index is 12.7. The third kappa shape index (κ3) is 4.10. The van der Waals surface area contributed by atoms with Crippen LogP contribution in [0.25, 0.3) is 0 Å². The number of amides is 2. The largest absolute Gasteiger partial charge is 0.495 e. The van der Waals surface area contributed by atoms with E-state index in [0.29, 0.717) is 29.9 Å². The van der Waals surface area contributed by atoms with Crippen LogP contribution in [0, 0.1) is 19.8 Å². The smallest absolute Gasteiger partial charge is 0.321 e. The quantitative estimate of drug-likeness (QED) is 0.921. The van der Waals surface area contributed by atoms with Crippen molar-refractivity contribution in [3.8, 4) is 5.75 Å². The predicted octanol–water partition coefficient (Wildman–Crippen LogP) is 3.18. The molecule has 1 aromatic carbocycles. The Morgan fingerprint density at radius 2 is 2.28 bits per heavy atom. The van der Waals surface area contributed by atoms with Crippen molar-refractivity contribution < 1.29 is 14.1 Å². The lowest BCUT2D eigenvalue weighted by Crippen LogP contribution is -2.43. The number of likely N-dealkylation sites (tertiary alicyclic amines) is 1. The third-order valence-electron chi connectivity index (χ3n) is 4.53. The number of nitrogens with zero attached hydrogens (tertiary/aromatic N) is 3. The van der Waals surface area contributed by atoms with E-state index in [1.54, 1.807) is 14.0 Å². The number of rotatable bonds is 4. The average Bonchev–Trinajstić information content (AvgIpc) is 3.01. The Morgan fingerprint density at radius 3 is 3.00 bits per heavy atom. The standard InChI is InChI=1S/C18H24N4O3/c1-12-6-4-8-15(24-3)17(12)20-18(23)22-9-5-7-14(11-22)10-16-19-13(2)25-21-16/h4,6,8,14H,5,7,9-11H2,1-3H3,(H,20,23)/t14-/m1/s1. The van der Waals surface area contributed by atoms with Crippen molar-refractivity contribution in [2.45, 2.75) is 33.1 Å². The number of ether oxygens (including phenoxy) is 1. The molecule has 2 heterocycles. The first-order valence-electron chi connectivity index (χ1n) is 8.55. The predicted molar refractivity (Wildman–Crippen MR) is 93.8 cm³/mol. The number of hydrogen-bond acceptors (Lipinski definition) is 5. The van der Waals surface area contributed by atoms with Gasteiger partial charge in [-0.2, -0.15) is 4.98 Å². The Morgan fingerprint density at radius 1 is 1.44 bits per heavy atom. The number of nitrogens with one attached hydrogen (secondary N) is 1. The fourth-order valence-corrected chi connectivity index (χ4v) is 3.26. The molecule has 1 fully saturated rings. The zero-order valence-corrected chi connectivity index (χ0v) is 14.9. The van der Waals surface area contributed by atoms with Gasteiger partial charge >= 0.3 is 6.03 Å². The van der Waals surface area contributed by atoms with Gasteiger partial charge in [-0.3, -0.25) is 0 Å². The second kappa shape index (κ2) is 7.55. The number of carbonyl (C=O) groups is 1. The van der Waals surface area contributed by atoms with E-state index in [4.69, 9.17) is 9.26 Å². The highest BCUT2D eigenvalue weighted by Gasteiger charge is 2.26. The molecule has 0 aliphatic carbocycles. The Balaban J connectivity index is 1.64. The van der Waals surface area contributed by atoms with Crippen LogP contribution < -0.4 is 10.1 Å². The van der Waals surface area contributed by atoms with E-state index in [1.165, 1.54) is 0 Å². The van der Waals surface area contributed by atoms with Gasteiger partial charge in [-0.05, 0) is 37.3 Å². The van der Waals surface area contributed by atoms with E-state index in [-0.39, 0.29) is 6.03 Å². The number of urea groups is 1. The van der Waals surface area contributed by atoms with E-state index in [1.807, 2.05) is 30.0 Å². The van der Waals surface area contributed by atoms with Gasteiger partial charge in [0.2, 0.25) is 5.89 Å². The van der Waals surface area contributed by atoms with Crippen molar-refractivity contribution >= 4 is 11.7 Å². The van der Waals surface area contributed by atoms with Crippen LogP contribution in [-0.2, 0) is 6.42 Å². The molecule has 2 amide bonds. The molecule has 7 nitrogen and oxygen atoms in total. The lowest BCUT2D eigenvalue weighted by atomic mass is 9.95. The molecule has 1 aromatic heterocycles. The number of methoxy groups -OCH3 is 1. The molecule has 1 N–H and O–H groups in total. The minimum absolute atomic E-state index is 0.0957. The summed E-state index contributed by atoms with van der Waals surface area (Å²) in [5, 5.41) is 6.96. The molecule has 0 saturated carbocycles. The van der Waals surface area contributed by atoms with Crippen molar-refractivity contribution in [2.75, 3.05) is 25.5 Å². The van der Waals surface area contributed by atoms with Crippen LogP contribution in [0.3, 0.4) is 0 Å². The molecule has 1 atom stereocenters. The van der Waals surface area contributed by atoms with Gasteiger partial charge in [-0.15, -0.1) is 0 Å². The summed E-state index contributed by atoms with van der Waals surface area (Å²) >= 11 is 0. The van der Waals surface area contributed by atoms with Gasteiger partial charge in [-0.25, -0.2) is 4.79 Å². The molecule has 0 bridgehead atoms. The summed E-state index contributed by atoms with van der Waals surface area (Å²) in [6.45, 7) is 5.18. The van der Waals surface area contributed by atoms with Crippen LogP contribution in [0.1, 0.15) is 30.1 Å². The van der Waals surface area contributed by atoms with Crippen LogP contribution in [-0.4, -0.2) is 41.3 Å². The second-order valence-corrected chi connectivity index (χ2v) is 6.47. The fraction of sp³-hybridized carbons (Fsp3) is 0.500. The Kier molecular flexibility index (Phi) is 5.21. The van der Waals surface area contributed by atoms with Crippen molar-refractivity contribution in [1.29, 1.82) is 0 Å². The number of benzene rings is 1. The van der Waals surface area contributed by atoms with Gasteiger partial charge in [0.25, 0.3) is 0 Å². The lowest BCUT2D eigenvalue weighted by Gasteiger charge is -2.32. The number of piperidine rings is 1. The van der Waals surface area contributed by atoms with E-state index in [9.17, 15) is 4.79 Å². The zero-order chi connectivity index (χ0) is 17.8. The summed E-state index contributed by atoms with van der Waals surface area (Å²) in [6, 6.07) is 5.62. The molecular formula is C18H24N4O3. The summed E-state index contributed by atoms with van der Waals surface area (Å²) in [5.41, 5.74) is 1.70. The Hall–Kier alpha value is -2.57. The monoisotopic (exact) mass is 344 g/mol. The molecule has 0 spiro atoms. The highest BCUT2D eigenvalue weighted by Crippen LogP contribution is 2.28. The van der Waals surface area contributed by atoms with Crippen LogP contribution in [0.4, 0.5) is 10.5 Å². The SMILES string of the molecule is COc1cccc(C)c1NC(=O)N1CCC[C@H](Cc2noc(C)n2)C1. The van der Waals surface area contributed by atoms with Crippen molar-refractivity contribution in [3.63, 3.8) is 0 Å². The molecule has 25 heavy (non-hydrogen) atoms. The maximum Gasteiger partial charge on any atom is 0.321 e. The summed E-state index contributed by atoms with van der Waals surface area (Å²) in [7, 11) is 1.61. The summed E-state index contributed by atoms with van der Waals surface area (Å²) in [5.74, 6) is 2.30. The van der Waals surface area contributed by atoms with Crippen LogP contribution in [0.2, 0.25) is 0 Å². The van der Waals surface area contributed by atoms with Crippen molar-refractivity contribution in [3.05, 3.63) is 35.5 Å². The van der Waals surface area contributed by atoms with Gasteiger partial charge in [-0.1, -0.05) is 17.3 Å². The molecule has 3 rings (SSSR count). The van der Waals surface area contributed by atoms with Gasteiger partial charge in [0.1, 0.15) is 5.75 Å². The molecule has 0 radical (unpaired) electrons. The number of aromatic nitrogens is 2. The van der Waals surface area contributed by atoms with Crippen LogP contribution >= 0.6 is 0 Å². The van der Waals surface area contributed by atoms with Gasteiger partial charge in [0.15, 0.2) is 5.82 Å². The van der Waals surface area contributed by atoms with Crippen molar-refractivity contribution in [2.24, 2.45) is 5.92 Å². The Bertz CT molecular complexity index is 744. The molecule has 7 heteroatoms. The van der Waals surface area contributed by atoms with Crippen molar-refractivity contribution in [1.82, 2.24) is 15.0 Å². The maximum atomic E-state index is 12.7. The normalized spacial score (nSPS) is 17.4. The number of para-hydroxylation sites is 1. The number of anilines is 1. The van der Waals surface area contributed by atoms with E-state index in [2.05, 4.69) is 15.5 Å². The fourth-order valence-electron chi connectivity index (χ4n) is 3.26. The summed E-state index contributed by atoms with van der Waals surface area (Å²) in [6.07, 6.45) is 2.76.